The van der Waals surface area contributed by atoms with E-state index in [4.69, 9.17) is 14.2 Å². The summed E-state index contributed by atoms with van der Waals surface area (Å²) in [5, 5.41) is 2.44. The standard InChI is InChI=1S/C34H40F3N5O6/c1-19-17-41(18-20(2)46-19)28-26(21-12-14-22(35)15-13-21)39-29(42(31(44)47-33(3,4)5)32(45)48-34(6,7)8)27(40-28)30(43)38-16-23-24(36)10-9-11-25(23)37/h9-15,19-20H,16-18H2,1-8H3,(H,38,43). The maximum absolute atomic E-state index is 14.5. The highest BCUT2D eigenvalue weighted by Crippen LogP contribution is 2.35. The number of nitrogens with one attached hydrogen (secondary N) is 1. The minimum absolute atomic E-state index is 0.0973. The Morgan fingerprint density at radius 1 is 0.875 bits per heavy atom. The van der Waals surface area contributed by atoms with E-state index in [1.165, 1.54) is 30.3 Å². The zero-order valence-corrected chi connectivity index (χ0v) is 28.2. The summed E-state index contributed by atoms with van der Waals surface area (Å²) < 4.78 is 60.0. The average Bonchev–Trinajstić information content (AvgIpc) is 2.94. The second kappa shape index (κ2) is 14.2. The third-order valence-corrected chi connectivity index (χ3v) is 6.76. The normalized spacial score (nSPS) is 16.7. The van der Waals surface area contributed by atoms with Crippen molar-refractivity contribution >= 4 is 29.7 Å². The van der Waals surface area contributed by atoms with E-state index in [0.717, 1.165) is 12.1 Å². The van der Waals surface area contributed by atoms with Crippen LogP contribution in [0.25, 0.3) is 11.3 Å². The highest BCUT2D eigenvalue weighted by molar-refractivity contribution is 6.13. The lowest BCUT2D eigenvalue weighted by molar-refractivity contribution is -0.00544. The summed E-state index contributed by atoms with van der Waals surface area (Å²) in [5.41, 5.74) is -2.72. The van der Waals surface area contributed by atoms with Gasteiger partial charge in [0, 0.05) is 30.8 Å². The van der Waals surface area contributed by atoms with Gasteiger partial charge in [-0.3, -0.25) is 4.79 Å². The van der Waals surface area contributed by atoms with Gasteiger partial charge in [0.2, 0.25) is 0 Å². The van der Waals surface area contributed by atoms with Crippen molar-refractivity contribution in [3.63, 3.8) is 0 Å². The minimum atomic E-state index is -1.23. The molecule has 258 valence electrons. The molecule has 0 saturated carbocycles. The van der Waals surface area contributed by atoms with Crippen molar-refractivity contribution in [2.24, 2.45) is 0 Å². The van der Waals surface area contributed by atoms with Crippen molar-refractivity contribution < 1.29 is 41.8 Å². The van der Waals surface area contributed by atoms with Crippen molar-refractivity contribution in [2.75, 3.05) is 22.9 Å². The van der Waals surface area contributed by atoms with E-state index in [9.17, 15) is 27.6 Å². The molecule has 0 bridgehead atoms. The Kier molecular flexibility index (Phi) is 10.7. The Morgan fingerprint density at radius 2 is 1.40 bits per heavy atom. The van der Waals surface area contributed by atoms with Gasteiger partial charge in [0.1, 0.15) is 34.3 Å². The second-order valence-corrected chi connectivity index (χ2v) is 13.4. The van der Waals surface area contributed by atoms with Gasteiger partial charge in [-0.15, -0.1) is 0 Å². The molecule has 1 fully saturated rings. The Labute approximate surface area is 277 Å². The van der Waals surface area contributed by atoms with Gasteiger partial charge in [0.05, 0.1) is 12.2 Å². The largest absolute Gasteiger partial charge is 0.443 e. The molecule has 1 aliphatic rings. The number of rotatable bonds is 6. The van der Waals surface area contributed by atoms with Crippen LogP contribution in [-0.2, 0) is 20.8 Å². The fourth-order valence-corrected chi connectivity index (χ4v) is 4.91. The molecule has 2 heterocycles. The third-order valence-electron chi connectivity index (χ3n) is 6.76. The molecule has 1 saturated heterocycles. The number of ether oxygens (including phenoxy) is 3. The van der Waals surface area contributed by atoms with Crippen LogP contribution in [0.1, 0.15) is 71.4 Å². The van der Waals surface area contributed by atoms with Gasteiger partial charge >= 0.3 is 12.2 Å². The topological polar surface area (TPSA) is 123 Å². The number of carbonyl (C=O) groups excluding carboxylic acids is 3. The molecule has 2 atom stereocenters. The summed E-state index contributed by atoms with van der Waals surface area (Å²) in [6, 6.07) is 8.54. The van der Waals surface area contributed by atoms with Crippen LogP contribution in [0.15, 0.2) is 42.5 Å². The van der Waals surface area contributed by atoms with Crippen molar-refractivity contribution in [1.29, 1.82) is 0 Å². The second-order valence-electron chi connectivity index (χ2n) is 13.4. The lowest BCUT2D eigenvalue weighted by atomic mass is 10.1. The van der Waals surface area contributed by atoms with Crippen LogP contribution in [-0.4, -0.2) is 64.6 Å². The van der Waals surface area contributed by atoms with E-state index in [0.29, 0.717) is 23.6 Å². The molecule has 11 nitrogen and oxygen atoms in total. The van der Waals surface area contributed by atoms with Crippen molar-refractivity contribution in [3.05, 3.63) is 71.2 Å². The number of halogens is 3. The van der Waals surface area contributed by atoms with Crippen LogP contribution in [0.5, 0.6) is 0 Å². The van der Waals surface area contributed by atoms with Crippen LogP contribution in [0.4, 0.5) is 34.4 Å². The molecule has 0 aliphatic carbocycles. The number of imide groups is 1. The predicted octanol–water partition coefficient (Wildman–Crippen LogP) is 6.78. The summed E-state index contributed by atoms with van der Waals surface area (Å²) in [5.74, 6) is -3.75. The van der Waals surface area contributed by atoms with Crippen molar-refractivity contribution in [2.45, 2.75) is 85.3 Å². The highest BCUT2D eigenvalue weighted by atomic mass is 19.1. The molecule has 14 heteroatoms. The van der Waals surface area contributed by atoms with Crippen LogP contribution in [0, 0.1) is 17.5 Å². The maximum atomic E-state index is 14.5. The molecule has 3 amide bonds. The number of hydrogen-bond donors (Lipinski definition) is 1. The maximum Gasteiger partial charge on any atom is 0.425 e. The first-order valence-corrected chi connectivity index (χ1v) is 15.4. The van der Waals surface area contributed by atoms with E-state index < -0.39 is 70.4 Å². The van der Waals surface area contributed by atoms with Crippen LogP contribution in [0.2, 0.25) is 0 Å². The Balaban J connectivity index is 1.98. The number of nitrogens with zero attached hydrogens (tertiary/aromatic N) is 4. The van der Waals surface area contributed by atoms with Gasteiger partial charge < -0.3 is 24.4 Å². The minimum Gasteiger partial charge on any atom is -0.443 e. The van der Waals surface area contributed by atoms with Gasteiger partial charge in [0.25, 0.3) is 5.91 Å². The molecule has 1 N–H and O–H groups in total. The Hall–Kier alpha value is -4.72. The Bertz CT molecular complexity index is 1620. The summed E-state index contributed by atoms with van der Waals surface area (Å²) in [7, 11) is 0. The number of anilines is 2. The molecule has 0 radical (unpaired) electrons. The molecule has 2 aromatic carbocycles. The van der Waals surface area contributed by atoms with Crippen LogP contribution < -0.4 is 15.1 Å². The molecule has 3 aromatic rings. The molecular weight excluding hydrogens is 631 g/mol. The molecule has 1 aliphatic heterocycles. The van der Waals surface area contributed by atoms with Crippen molar-refractivity contribution in [1.82, 2.24) is 15.3 Å². The highest BCUT2D eigenvalue weighted by Gasteiger charge is 2.39. The quantitative estimate of drug-likeness (QED) is 0.302. The first kappa shape index (κ1) is 36.1. The van der Waals surface area contributed by atoms with E-state index in [1.54, 1.807) is 41.5 Å². The predicted molar refractivity (Wildman–Crippen MR) is 172 cm³/mol. The number of hydrogen-bond acceptors (Lipinski definition) is 9. The van der Waals surface area contributed by atoms with E-state index in [2.05, 4.69) is 15.3 Å². The van der Waals surface area contributed by atoms with Gasteiger partial charge in [-0.25, -0.2) is 32.7 Å². The van der Waals surface area contributed by atoms with Crippen LogP contribution >= 0.6 is 0 Å². The smallest absolute Gasteiger partial charge is 0.425 e. The number of amides is 3. The first-order valence-electron chi connectivity index (χ1n) is 15.4. The zero-order chi connectivity index (χ0) is 35.6. The molecule has 0 spiro atoms. The average molecular weight is 672 g/mol. The number of carbonyl (C=O) groups is 3. The fraction of sp³-hybridized carbons (Fsp3) is 0.441. The molecule has 2 unspecified atom stereocenters. The number of aromatic nitrogens is 2. The summed E-state index contributed by atoms with van der Waals surface area (Å²) in [6.07, 6.45) is -2.99. The van der Waals surface area contributed by atoms with Gasteiger partial charge in [-0.1, -0.05) is 6.07 Å². The van der Waals surface area contributed by atoms with Crippen LogP contribution in [0.3, 0.4) is 0 Å². The molecular formula is C34H40F3N5O6. The molecule has 1 aromatic heterocycles. The van der Waals surface area contributed by atoms with E-state index in [-0.39, 0.29) is 23.7 Å². The van der Waals surface area contributed by atoms with Gasteiger partial charge in [0.15, 0.2) is 17.3 Å². The lowest BCUT2D eigenvalue weighted by Gasteiger charge is -2.37. The van der Waals surface area contributed by atoms with E-state index in [1.807, 2.05) is 18.7 Å². The Morgan fingerprint density at radius 3 is 1.90 bits per heavy atom. The summed E-state index contributed by atoms with van der Waals surface area (Å²) >= 11 is 0. The van der Waals surface area contributed by atoms with Gasteiger partial charge in [-0.05, 0) is 91.8 Å². The number of benzene rings is 2. The summed E-state index contributed by atoms with van der Waals surface area (Å²) in [4.78, 5) is 53.0. The summed E-state index contributed by atoms with van der Waals surface area (Å²) in [6.45, 7) is 13.2. The lowest BCUT2D eigenvalue weighted by Crippen LogP contribution is -2.47. The monoisotopic (exact) mass is 671 g/mol. The number of morpholine rings is 1. The van der Waals surface area contributed by atoms with Gasteiger partial charge in [-0.2, -0.15) is 4.90 Å². The van der Waals surface area contributed by atoms with Crippen molar-refractivity contribution in [3.8, 4) is 11.3 Å². The third kappa shape index (κ3) is 9.00. The van der Waals surface area contributed by atoms with E-state index >= 15 is 0 Å². The SMILES string of the molecule is CC1CN(c2nc(C(=O)NCc3c(F)cccc3F)c(N(C(=O)OC(C)(C)C)C(=O)OC(C)(C)C)nc2-c2ccc(F)cc2)CC(C)O1. The first-order chi connectivity index (χ1) is 22.3. The fourth-order valence-electron chi connectivity index (χ4n) is 4.91. The molecule has 48 heavy (non-hydrogen) atoms. The zero-order valence-electron chi connectivity index (χ0n) is 28.2. The molecule has 4 rings (SSSR count).